The van der Waals surface area contributed by atoms with Gasteiger partial charge in [0.2, 0.25) is 0 Å². The van der Waals surface area contributed by atoms with Crippen molar-refractivity contribution in [2.24, 2.45) is 0 Å². The maximum Gasteiger partial charge on any atom is 0.285 e. The zero-order valence-electron chi connectivity index (χ0n) is 15.6. The van der Waals surface area contributed by atoms with Gasteiger partial charge in [0.05, 0.1) is 23.1 Å². The molecule has 1 aliphatic rings. The predicted octanol–water partition coefficient (Wildman–Crippen LogP) is 4.40. The lowest BCUT2D eigenvalue weighted by molar-refractivity contribution is -0.123. The Morgan fingerprint density at radius 2 is 2.00 bits per heavy atom. The standard InChI is InChI=1S/C20H17BrN2O4S2/c1-3-27-16-9-4-12(10-15(16)21)11-17-19(25)23(20(28)29-17)22-18(24)13-5-7-14(26-2)8-6-13/h4-11H,3H2,1-2H3,(H,22,24)/b17-11-. The number of rotatable bonds is 6. The van der Waals surface area contributed by atoms with Crippen molar-refractivity contribution in [1.82, 2.24) is 10.4 Å². The summed E-state index contributed by atoms with van der Waals surface area (Å²) in [6.45, 7) is 2.47. The summed E-state index contributed by atoms with van der Waals surface area (Å²) in [4.78, 5) is 25.6. The van der Waals surface area contributed by atoms with Crippen molar-refractivity contribution in [2.75, 3.05) is 13.7 Å². The molecular formula is C20H17BrN2O4S2. The van der Waals surface area contributed by atoms with Gasteiger partial charge in [-0.1, -0.05) is 17.8 Å². The van der Waals surface area contributed by atoms with Crippen LogP contribution in [-0.4, -0.2) is 34.9 Å². The molecule has 150 valence electrons. The van der Waals surface area contributed by atoms with Crippen LogP contribution in [0.15, 0.2) is 51.8 Å². The Bertz CT molecular complexity index is 992. The van der Waals surface area contributed by atoms with Crippen LogP contribution >= 0.6 is 39.9 Å². The molecule has 0 bridgehead atoms. The number of amides is 2. The second-order valence-electron chi connectivity index (χ2n) is 5.81. The van der Waals surface area contributed by atoms with Crippen LogP contribution in [0.5, 0.6) is 11.5 Å². The van der Waals surface area contributed by atoms with Crippen molar-refractivity contribution < 1.29 is 19.1 Å². The van der Waals surface area contributed by atoms with Gasteiger partial charge in [0.15, 0.2) is 4.32 Å². The third kappa shape index (κ3) is 4.98. The molecule has 9 heteroatoms. The number of halogens is 1. The van der Waals surface area contributed by atoms with Gasteiger partial charge < -0.3 is 9.47 Å². The number of nitrogens with zero attached hydrogens (tertiary/aromatic N) is 1. The Hall–Kier alpha value is -2.36. The first-order valence-electron chi connectivity index (χ1n) is 8.58. The van der Waals surface area contributed by atoms with Crippen LogP contribution in [0.25, 0.3) is 6.08 Å². The zero-order valence-corrected chi connectivity index (χ0v) is 18.8. The van der Waals surface area contributed by atoms with E-state index in [2.05, 4.69) is 21.4 Å². The van der Waals surface area contributed by atoms with Crippen molar-refractivity contribution in [2.45, 2.75) is 6.92 Å². The van der Waals surface area contributed by atoms with Gasteiger partial charge in [-0.25, -0.2) is 0 Å². The first-order chi connectivity index (χ1) is 13.9. The van der Waals surface area contributed by atoms with E-state index in [0.29, 0.717) is 22.8 Å². The van der Waals surface area contributed by atoms with E-state index in [-0.39, 0.29) is 10.2 Å². The van der Waals surface area contributed by atoms with Gasteiger partial charge in [-0.05, 0) is 83.1 Å². The minimum absolute atomic E-state index is 0.258. The zero-order chi connectivity index (χ0) is 21.0. The third-order valence-electron chi connectivity index (χ3n) is 3.91. The molecule has 2 amide bonds. The van der Waals surface area contributed by atoms with Crippen LogP contribution in [0.4, 0.5) is 0 Å². The summed E-state index contributed by atoms with van der Waals surface area (Å²) >= 11 is 9.85. The second-order valence-corrected chi connectivity index (χ2v) is 8.34. The van der Waals surface area contributed by atoms with E-state index in [1.165, 1.54) is 0 Å². The average molecular weight is 493 g/mol. The summed E-state index contributed by atoms with van der Waals surface area (Å²) in [7, 11) is 1.55. The first-order valence-corrected chi connectivity index (χ1v) is 10.6. The first kappa shape index (κ1) is 21.4. The Balaban J connectivity index is 1.74. The number of thiocarbonyl (C=S) groups is 1. The number of thioether (sulfide) groups is 1. The molecule has 1 N–H and O–H groups in total. The predicted molar refractivity (Wildman–Crippen MR) is 121 cm³/mol. The van der Waals surface area contributed by atoms with Gasteiger partial charge in [-0.15, -0.1) is 0 Å². The number of hydrogen-bond acceptors (Lipinski definition) is 6. The second kappa shape index (κ2) is 9.43. The highest BCUT2D eigenvalue weighted by Crippen LogP contribution is 2.33. The van der Waals surface area contributed by atoms with Gasteiger partial charge in [0, 0.05) is 5.56 Å². The average Bonchev–Trinajstić information content (AvgIpc) is 2.97. The van der Waals surface area contributed by atoms with Gasteiger partial charge in [0.1, 0.15) is 11.5 Å². The van der Waals surface area contributed by atoms with Crippen molar-refractivity contribution in [1.29, 1.82) is 0 Å². The SMILES string of the molecule is CCOc1ccc(/C=C2\SC(=S)N(NC(=O)c3ccc(OC)cc3)C2=O)cc1Br. The lowest BCUT2D eigenvalue weighted by Crippen LogP contribution is -2.44. The van der Waals surface area contributed by atoms with Gasteiger partial charge in [-0.3, -0.25) is 15.0 Å². The molecule has 0 saturated carbocycles. The van der Waals surface area contributed by atoms with Crippen LogP contribution in [-0.2, 0) is 4.79 Å². The lowest BCUT2D eigenvalue weighted by Gasteiger charge is -2.15. The summed E-state index contributed by atoms with van der Waals surface area (Å²) in [5, 5.41) is 1.09. The summed E-state index contributed by atoms with van der Waals surface area (Å²) in [5.74, 6) is 0.543. The normalized spacial score (nSPS) is 15.0. The molecule has 2 aromatic rings. The number of carbonyl (C=O) groups excluding carboxylic acids is 2. The molecular weight excluding hydrogens is 476 g/mol. The molecule has 0 spiro atoms. The van der Waals surface area contributed by atoms with E-state index in [0.717, 1.165) is 32.6 Å². The van der Waals surface area contributed by atoms with Crippen LogP contribution in [0.1, 0.15) is 22.8 Å². The van der Waals surface area contributed by atoms with Crippen LogP contribution in [0.2, 0.25) is 0 Å². The molecule has 2 aromatic carbocycles. The molecule has 1 aliphatic heterocycles. The molecule has 0 unspecified atom stereocenters. The fraction of sp³-hybridized carbons (Fsp3) is 0.150. The molecule has 1 heterocycles. The molecule has 6 nitrogen and oxygen atoms in total. The molecule has 0 atom stereocenters. The number of hydrogen-bond donors (Lipinski definition) is 1. The monoisotopic (exact) mass is 492 g/mol. The lowest BCUT2D eigenvalue weighted by atomic mass is 10.2. The molecule has 29 heavy (non-hydrogen) atoms. The summed E-state index contributed by atoms with van der Waals surface area (Å²) in [5.41, 5.74) is 3.75. The van der Waals surface area contributed by atoms with E-state index in [1.807, 2.05) is 25.1 Å². The maximum atomic E-state index is 12.7. The smallest absolute Gasteiger partial charge is 0.285 e. The Kier molecular flexibility index (Phi) is 6.94. The van der Waals surface area contributed by atoms with E-state index >= 15 is 0 Å². The van der Waals surface area contributed by atoms with Crippen molar-refractivity contribution in [3.8, 4) is 11.5 Å². The maximum absolute atomic E-state index is 12.7. The van der Waals surface area contributed by atoms with E-state index < -0.39 is 5.91 Å². The third-order valence-corrected chi connectivity index (χ3v) is 5.83. The fourth-order valence-electron chi connectivity index (χ4n) is 2.50. The van der Waals surface area contributed by atoms with Gasteiger partial charge >= 0.3 is 0 Å². The molecule has 1 saturated heterocycles. The number of methoxy groups -OCH3 is 1. The highest BCUT2D eigenvalue weighted by atomic mass is 79.9. The van der Waals surface area contributed by atoms with E-state index in [1.54, 1.807) is 37.5 Å². The number of nitrogens with one attached hydrogen (secondary N) is 1. The molecule has 1 fully saturated rings. The van der Waals surface area contributed by atoms with Gasteiger partial charge in [-0.2, -0.15) is 5.01 Å². The molecule has 3 rings (SSSR count). The highest BCUT2D eigenvalue weighted by molar-refractivity contribution is 9.10. The number of hydrazine groups is 1. The van der Waals surface area contributed by atoms with Crippen molar-refractivity contribution in [3.05, 3.63) is 63.0 Å². The Morgan fingerprint density at radius 3 is 2.62 bits per heavy atom. The van der Waals surface area contributed by atoms with Crippen molar-refractivity contribution >= 4 is 62.1 Å². The van der Waals surface area contributed by atoms with Crippen molar-refractivity contribution in [3.63, 3.8) is 0 Å². The summed E-state index contributed by atoms with van der Waals surface area (Å²) in [6, 6.07) is 12.1. The molecule has 0 radical (unpaired) electrons. The van der Waals surface area contributed by atoms with Crippen LogP contribution in [0, 0.1) is 0 Å². The minimum atomic E-state index is -0.436. The molecule has 0 aliphatic carbocycles. The highest BCUT2D eigenvalue weighted by Gasteiger charge is 2.33. The fourth-order valence-corrected chi connectivity index (χ4v) is 4.19. The van der Waals surface area contributed by atoms with Crippen LogP contribution in [0.3, 0.4) is 0 Å². The minimum Gasteiger partial charge on any atom is -0.497 e. The number of ether oxygens (including phenoxy) is 2. The molecule has 0 aromatic heterocycles. The summed E-state index contributed by atoms with van der Waals surface area (Å²) < 4.78 is 11.6. The largest absolute Gasteiger partial charge is 0.497 e. The topological polar surface area (TPSA) is 67.9 Å². The van der Waals surface area contributed by atoms with E-state index in [4.69, 9.17) is 21.7 Å². The van der Waals surface area contributed by atoms with Crippen LogP contribution < -0.4 is 14.9 Å². The summed E-state index contributed by atoms with van der Waals surface area (Å²) in [6.07, 6.45) is 1.72. The quantitative estimate of drug-likeness (QED) is 0.475. The number of carbonyl (C=O) groups is 2. The van der Waals surface area contributed by atoms with Gasteiger partial charge in [0.25, 0.3) is 11.8 Å². The number of benzene rings is 2. The Labute approximate surface area is 186 Å². The van der Waals surface area contributed by atoms with E-state index in [9.17, 15) is 9.59 Å². The Morgan fingerprint density at radius 1 is 1.28 bits per heavy atom.